The van der Waals surface area contributed by atoms with Crippen LogP contribution in [0.2, 0.25) is 0 Å². The van der Waals surface area contributed by atoms with E-state index in [2.05, 4.69) is 4.98 Å². The predicted molar refractivity (Wildman–Crippen MR) is 122 cm³/mol. The van der Waals surface area contributed by atoms with Gasteiger partial charge in [-0.2, -0.15) is 13.2 Å². The van der Waals surface area contributed by atoms with E-state index in [1.165, 1.54) is 6.07 Å². The molecule has 34 heavy (non-hydrogen) atoms. The summed E-state index contributed by atoms with van der Waals surface area (Å²) < 4.78 is 42.0. The van der Waals surface area contributed by atoms with Crippen LogP contribution in [0.3, 0.4) is 0 Å². The molecule has 1 aliphatic rings. The van der Waals surface area contributed by atoms with Crippen LogP contribution in [0.25, 0.3) is 22.4 Å². The van der Waals surface area contributed by atoms with E-state index in [1.54, 1.807) is 31.4 Å². The molecule has 2 N–H and O–H groups in total. The summed E-state index contributed by atoms with van der Waals surface area (Å²) in [6, 6.07) is 14.2. The number of halogens is 3. The number of nitrogens with zero attached hydrogens (tertiary/aromatic N) is 3. The number of hydrogen-bond acceptors (Lipinski definition) is 4. The fraction of sp³-hybridized carbons (Fsp3) is 0.308. The minimum atomic E-state index is -4.46. The minimum Gasteiger partial charge on any atom is -0.386 e. The van der Waals surface area contributed by atoms with E-state index < -0.39 is 29.5 Å². The number of aliphatic hydroxyl groups excluding tert-OH is 1. The number of aromatic nitrogens is 3. The molecule has 0 saturated heterocycles. The number of pyridine rings is 1. The number of rotatable bonds is 3. The highest BCUT2D eigenvalue weighted by atomic mass is 19.4. The number of aryl methyl sites for hydroxylation is 1. The Kier molecular flexibility index (Phi) is 5.07. The van der Waals surface area contributed by atoms with E-state index in [0.717, 1.165) is 23.3 Å². The zero-order valence-electron chi connectivity index (χ0n) is 18.9. The number of hydrogen-bond donors (Lipinski definition) is 2. The van der Waals surface area contributed by atoms with Gasteiger partial charge in [0.15, 0.2) is 5.65 Å². The molecule has 2 unspecified atom stereocenters. The third-order valence-corrected chi connectivity index (χ3v) is 6.47. The summed E-state index contributed by atoms with van der Waals surface area (Å²) in [5.41, 5.74) is 2.86. The molecule has 0 bridgehead atoms. The first-order valence-electron chi connectivity index (χ1n) is 11.0. The van der Waals surface area contributed by atoms with Crippen LogP contribution in [0.4, 0.5) is 13.2 Å². The van der Waals surface area contributed by atoms with Gasteiger partial charge in [0.1, 0.15) is 17.4 Å². The molecule has 8 heteroatoms. The lowest BCUT2D eigenvalue weighted by Crippen LogP contribution is -2.14. The molecule has 0 amide bonds. The quantitative estimate of drug-likeness (QED) is 0.407. The Balaban J connectivity index is 1.62. The summed E-state index contributed by atoms with van der Waals surface area (Å²) in [6.45, 7) is 5.19. The molecule has 0 fully saturated rings. The Labute approximate surface area is 194 Å². The van der Waals surface area contributed by atoms with Crippen molar-refractivity contribution in [2.45, 2.75) is 51.1 Å². The first kappa shape index (κ1) is 22.6. The maximum atomic E-state index is 13.4. The molecule has 1 aliphatic heterocycles. The van der Waals surface area contributed by atoms with Crippen molar-refractivity contribution >= 4 is 11.2 Å². The Bertz CT molecular complexity index is 1390. The Hall–Kier alpha value is -3.23. The molecular weight excluding hydrogens is 443 g/mol. The first-order chi connectivity index (χ1) is 15.9. The van der Waals surface area contributed by atoms with Crippen molar-refractivity contribution in [1.29, 1.82) is 0 Å². The Morgan fingerprint density at radius 3 is 2.26 bits per heavy atom. The average Bonchev–Trinajstić information content (AvgIpc) is 3.30. The number of imidazole rings is 1. The summed E-state index contributed by atoms with van der Waals surface area (Å²) in [5, 5.41) is 20.9. The van der Waals surface area contributed by atoms with Crippen molar-refractivity contribution in [3.8, 4) is 11.3 Å². The van der Waals surface area contributed by atoms with E-state index >= 15 is 0 Å². The molecule has 0 aliphatic carbocycles. The van der Waals surface area contributed by atoms with Gasteiger partial charge in [0.2, 0.25) is 0 Å². The summed E-state index contributed by atoms with van der Waals surface area (Å²) >= 11 is 0. The van der Waals surface area contributed by atoms with Crippen LogP contribution >= 0.6 is 0 Å². The molecule has 5 nitrogen and oxygen atoms in total. The molecule has 2 atom stereocenters. The van der Waals surface area contributed by atoms with Gasteiger partial charge in [-0.25, -0.2) is 9.97 Å². The monoisotopic (exact) mass is 467 g/mol. The topological polar surface area (TPSA) is 71.2 Å². The van der Waals surface area contributed by atoms with Crippen molar-refractivity contribution in [1.82, 2.24) is 14.5 Å². The zero-order valence-corrected chi connectivity index (χ0v) is 18.9. The highest BCUT2D eigenvalue weighted by Gasteiger charge is 2.37. The van der Waals surface area contributed by atoms with Crippen LogP contribution in [0, 0.1) is 6.92 Å². The summed E-state index contributed by atoms with van der Waals surface area (Å²) in [5.74, 6) is 0.402. The third-order valence-electron chi connectivity index (χ3n) is 6.47. The van der Waals surface area contributed by atoms with Crippen molar-refractivity contribution in [3.63, 3.8) is 0 Å². The molecule has 3 heterocycles. The second-order valence-electron chi connectivity index (χ2n) is 9.35. The first-order valence-corrected chi connectivity index (χ1v) is 11.0. The fourth-order valence-corrected chi connectivity index (χ4v) is 4.61. The number of aliphatic hydroxyl groups is 2. The van der Waals surface area contributed by atoms with Gasteiger partial charge in [0, 0.05) is 12.0 Å². The van der Waals surface area contributed by atoms with Crippen LogP contribution < -0.4 is 0 Å². The molecule has 0 radical (unpaired) electrons. The maximum Gasteiger partial charge on any atom is 0.416 e. The van der Waals surface area contributed by atoms with Crippen molar-refractivity contribution in [2.75, 3.05) is 0 Å². The molecular formula is C26H24F3N3O2. The van der Waals surface area contributed by atoms with Gasteiger partial charge in [-0.05, 0) is 61.7 Å². The molecule has 0 spiro atoms. The van der Waals surface area contributed by atoms with Gasteiger partial charge in [0.05, 0.1) is 22.9 Å². The average molecular weight is 467 g/mol. The van der Waals surface area contributed by atoms with Crippen molar-refractivity contribution < 1.29 is 23.4 Å². The van der Waals surface area contributed by atoms with E-state index in [0.29, 0.717) is 33.8 Å². The Morgan fingerprint density at radius 2 is 1.62 bits per heavy atom. The third kappa shape index (κ3) is 3.76. The molecule has 2 aromatic carbocycles. The summed E-state index contributed by atoms with van der Waals surface area (Å²) in [4.78, 5) is 9.31. The highest BCUT2D eigenvalue weighted by Crippen LogP contribution is 2.43. The molecule has 5 rings (SSSR count). The summed E-state index contributed by atoms with van der Waals surface area (Å²) in [7, 11) is 0. The fourth-order valence-electron chi connectivity index (χ4n) is 4.61. The van der Waals surface area contributed by atoms with Crippen molar-refractivity contribution in [3.05, 3.63) is 82.7 Å². The molecule has 176 valence electrons. The van der Waals surface area contributed by atoms with Crippen LogP contribution in [0.5, 0.6) is 0 Å². The predicted octanol–water partition coefficient (Wildman–Crippen LogP) is 5.68. The molecule has 0 saturated carbocycles. The van der Waals surface area contributed by atoms with Crippen LogP contribution in [0.15, 0.2) is 54.6 Å². The zero-order chi connectivity index (χ0) is 24.4. The van der Waals surface area contributed by atoms with Gasteiger partial charge in [-0.1, -0.05) is 30.3 Å². The number of fused-ring (bicyclic) bond motifs is 3. The second-order valence-corrected chi connectivity index (χ2v) is 9.35. The van der Waals surface area contributed by atoms with Gasteiger partial charge < -0.3 is 14.8 Å². The largest absolute Gasteiger partial charge is 0.416 e. The molecule has 4 aromatic rings. The SMILES string of the molecule is Cc1ccc(C(F)(F)F)cc1C1CC(O)c2nc3ccc(-c4ccc(C(C)(C)O)cc4)nc3n21. The van der Waals surface area contributed by atoms with E-state index in [9.17, 15) is 23.4 Å². The van der Waals surface area contributed by atoms with E-state index in [-0.39, 0.29) is 6.42 Å². The standard InChI is InChI=1S/C26H24F3N3O2/c1-14-4-7-17(26(27,28)29)12-18(14)21-13-22(33)24-31-20-11-10-19(30-23(20)32(21)24)15-5-8-16(9-6-15)25(2,3)34/h4-12,21-22,33-34H,13H2,1-3H3. The van der Waals surface area contributed by atoms with E-state index in [4.69, 9.17) is 4.98 Å². The summed E-state index contributed by atoms with van der Waals surface area (Å²) in [6.07, 6.45) is -5.13. The normalized spacial score (nSPS) is 18.5. The lowest BCUT2D eigenvalue weighted by Gasteiger charge is -2.19. The van der Waals surface area contributed by atoms with Crippen LogP contribution in [-0.2, 0) is 11.8 Å². The van der Waals surface area contributed by atoms with Gasteiger partial charge in [-0.15, -0.1) is 0 Å². The lowest BCUT2D eigenvalue weighted by molar-refractivity contribution is -0.137. The van der Waals surface area contributed by atoms with Crippen LogP contribution in [-0.4, -0.2) is 24.7 Å². The van der Waals surface area contributed by atoms with Gasteiger partial charge in [0.25, 0.3) is 0 Å². The lowest BCUT2D eigenvalue weighted by atomic mass is 9.96. The highest BCUT2D eigenvalue weighted by molar-refractivity contribution is 5.77. The van der Waals surface area contributed by atoms with Gasteiger partial charge >= 0.3 is 6.18 Å². The number of benzene rings is 2. The van der Waals surface area contributed by atoms with Crippen molar-refractivity contribution in [2.24, 2.45) is 0 Å². The smallest absolute Gasteiger partial charge is 0.386 e. The number of alkyl halides is 3. The van der Waals surface area contributed by atoms with Crippen LogP contribution in [0.1, 0.15) is 60.5 Å². The minimum absolute atomic E-state index is 0.229. The van der Waals surface area contributed by atoms with E-state index in [1.807, 2.05) is 30.3 Å². The molecule has 2 aromatic heterocycles. The van der Waals surface area contributed by atoms with Gasteiger partial charge in [-0.3, -0.25) is 0 Å². The second kappa shape index (κ2) is 7.65. The Morgan fingerprint density at radius 1 is 0.941 bits per heavy atom. The maximum absolute atomic E-state index is 13.4.